The van der Waals surface area contributed by atoms with Gasteiger partial charge in [-0.25, -0.2) is 9.97 Å². The number of imidazole rings is 1. The molecule has 3 aromatic rings. The largest absolute Gasteiger partial charge is 0.328 e. The lowest BCUT2D eigenvalue weighted by molar-refractivity contribution is 0.350. The molecule has 0 aromatic carbocycles. The van der Waals surface area contributed by atoms with Crippen LogP contribution in [0.5, 0.6) is 0 Å². The van der Waals surface area contributed by atoms with Crippen LogP contribution in [0.1, 0.15) is 30.9 Å². The lowest BCUT2D eigenvalue weighted by Crippen LogP contribution is -2.23. The van der Waals surface area contributed by atoms with Crippen molar-refractivity contribution in [2.75, 3.05) is 0 Å². The molecule has 0 amide bonds. The Hall–Kier alpha value is -1.95. The van der Waals surface area contributed by atoms with Gasteiger partial charge in [0.05, 0.1) is 24.3 Å². The molecule has 2 atom stereocenters. The van der Waals surface area contributed by atoms with Gasteiger partial charge in [0, 0.05) is 23.3 Å². The highest BCUT2D eigenvalue weighted by molar-refractivity contribution is 7.15. The summed E-state index contributed by atoms with van der Waals surface area (Å²) >= 11 is 1.48. The molecule has 114 valence electrons. The van der Waals surface area contributed by atoms with E-state index >= 15 is 0 Å². The normalized spacial score (nSPS) is 21.2. The fraction of sp³-hybridized carbons (Fsp3) is 0.438. The van der Waals surface area contributed by atoms with Crippen LogP contribution >= 0.6 is 11.3 Å². The van der Waals surface area contributed by atoms with Gasteiger partial charge in [-0.05, 0) is 24.7 Å². The van der Waals surface area contributed by atoms with Gasteiger partial charge < -0.3 is 4.57 Å². The third-order valence-corrected chi connectivity index (χ3v) is 5.48. The summed E-state index contributed by atoms with van der Waals surface area (Å²) in [6.45, 7) is 5.21. The van der Waals surface area contributed by atoms with Gasteiger partial charge in [-0.2, -0.15) is 0 Å². The van der Waals surface area contributed by atoms with Crippen LogP contribution in [-0.2, 0) is 19.4 Å². The zero-order chi connectivity index (χ0) is 15.3. The van der Waals surface area contributed by atoms with Crippen molar-refractivity contribution in [2.24, 2.45) is 11.8 Å². The summed E-state index contributed by atoms with van der Waals surface area (Å²) in [6.07, 6.45) is 5.76. The third-order valence-electron chi connectivity index (χ3n) is 4.72. The lowest BCUT2D eigenvalue weighted by atomic mass is 9.82. The van der Waals surface area contributed by atoms with Gasteiger partial charge in [0.15, 0.2) is 4.96 Å². The lowest BCUT2D eigenvalue weighted by Gasteiger charge is -2.26. The van der Waals surface area contributed by atoms with Gasteiger partial charge in [0.25, 0.3) is 5.56 Å². The van der Waals surface area contributed by atoms with Crippen molar-refractivity contribution in [2.45, 2.75) is 33.2 Å². The van der Waals surface area contributed by atoms with E-state index < -0.39 is 0 Å². The number of hydrogen-bond donors (Lipinski definition) is 0. The standard InChI is InChI=1S/C16H18N4OS/c1-10-5-13-14(6-11(10)2)19(9-17-13)8-12-7-15(21)20-3-4-22-16(20)18-12/h3-4,7,9-11H,5-6,8H2,1-2H3. The minimum atomic E-state index is -0.0165. The Morgan fingerprint density at radius 2 is 2.14 bits per heavy atom. The molecule has 0 radical (unpaired) electrons. The van der Waals surface area contributed by atoms with Crippen LogP contribution in [0.3, 0.4) is 0 Å². The van der Waals surface area contributed by atoms with Crippen LogP contribution in [0.2, 0.25) is 0 Å². The zero-order valence-electron chi connectivity index (χ0n) is 12.7. The second-order valence-corrected chi connectivity index (χ2v) is 7.14. The second kappa shape index (κ2) is 5.05. The maximum absolute atomic E-state index is 12.1. The van der Waals surface area contributed by atoms with Gasteiger partial charge in [-0.3, -0.25) is 9.20 Å². The first-order valence-corrected chi connectivity index (χ1v) is 8.48. The van der Waals surface area contributed by atoms with Gasteiger partial charge in [0.2, 0.25) is 0 Å². The molecule has 3 aromatic heterocycles. The van der Waals surface area contributed by atoms with Crippen molar-refractivity contribution >= 4 is 16.3 Å². The summed E-state index contributed by atoms with van der Waals surface area (Å²) in [7, 11) is 0. The zero-order valence-corrected chi connectivity index (χ0v) is 13.5. The van der Waals surface area contributed by atoms with E-state index in [-0.39, 0.29) is 5.56 Å². The van der Waals surface area contributed by atoms with Gasteiger partial charge in [-0.1, -0.05) is 13.8 Å². The predicted octanol–water partition coefficient (Wildman–Crippen LogP) is 2.37. The average molecular weight is 314 g/mol. The monoisotopic (exact) mass is 314 g/mol. The molecular weight excluding hydrogens is 296 g/mol. The topological polar surface area (TPSA) is 52.2 Å². The summed E-state index contributed by atoms with van der Waals surface area (Å²) in [4.78, 5) is 22.0. The van der Waals surface area contributed by atoms with Crippen LogP contribution in [0, 0.1) is 11.8 Å². The molecule has 0 N–H and O–H groups in total. The summed E-state index contributed by atoms with van der Waals surface area (Å²) < 4.78 is 3.74. The second-order valence-electron chi connectivity index (χ2n) is 6.27. The smallest absolute Gasteiger partial charge is 0.258 e. The maximum atomic E-state index is 12.1. The molecule has 22 heavy (non-hydrogen) atoms. The van der Waals surface area contributed by atoms with Crippen LogP contribution in [0.25, 0.3) is 4.96 Å². The Morgan fingerprint density at radius 3 is 3.00 bits per heavy atom. The fourth-order valence-corrected chi connectivity index (χ4v) is 3.89. The molecule has 0 spiro atoms. The van der Waals surface area contributed by atoms with Gasteiger partial charge >= 0.3 is 0 Å². The Labute approximate surface area is 132 Å². The first-order valence-electron chi connectivity index (χ1n) is 7.60. The van der Waals surface area contributed by atoms with Crippen LogP contribution in [0.4, 0.5) is 0 Å². The van der Waals surface area contributed by atoms with Crippen LogP contribution < -0.4 is 5.56 Å². The highest BCUT2D eigenvalue weighted by atomic mass is 32.1. The summed E-state index contributed by atoms with van der Waals surface area (Å²) in [5.74, 6) is 1.35. The number of aromatic nitrogens is 4. The SMILES string of the molecule is CC1Cc2ncn(Cc3cc(=O)n4ccsc4n3)c2CC1C. The first-order chi connectivity index (χ1) is 10.6. The molecule has 1 aliphatic carbocycles. The number of hydrogen-bond acceptors (Lipinski definition) is 4. The quantitative estimate of drug-likeness (QED) is 0.730. The molecule has 6 heteroatoms. The summed E-state index contributed by atoms with van der Waals surface area (Å²) in [6, 6.07) is 1.63. The number of nitrogens with zero attached hydrogens (tertiary/aromatic N) is 4. The van der Waals surface area contributed by atoms with Gasteiger partial charge in [-0.15, -0.1) is 11.3 Å². The minimum Gasteiger partial charge on any atom is -0.328 e. The van der Waals surface area contributed by atoms with E-state index in [1.54, 1.807) is 16.7 Å². The molecule has 2 unspecified atom stereocenters. The van der Waals surface area contributed by atoms with E-state index in [1.807, 2.05) is 11.7 Å². The molecule has 0 aliphatic heterocycles. The number of fused-ring (bicyclic) bond motifs is 2. The third kappa shape index (κ3) is 2.18. The van der Waals surface area contributed by atoms with Crippen LogP contribution in [-0.4, -0.2) is 18.9 Å². The Balaban J connectivity index is 1.70. The molecule has 0 saturated carbocycles. The van der Waals surface area contributed by atoms with Crippen molar-refractivity contribution in [3.05, 3.63) is 51.4 Å². The van der Waals surface area contributed by atoms with E-state index in [9.17, 15) is 4.79 Å². The molecule has 3 heterocycles. The summed E-state index contributed by atoms with van der Waals surface area (Å²) in [5, 5.41) is 1.88. The molecule has 1 aliphatic rings. The van der Waals surface area contributed by atoms with Crippen LogP contribution in [0.15, 0.2) is 28.8 Å². The van der Waals surface area contributed by atoms with Crippen molar-refractivity contribution in [3.63, 3.8) is 0 Å². The maximum Gasteiger partial charge on any atom is 0.258 e. The molecule has 5 nitrogen and oxygen atoms in total. The van der Waals surface area contributed by atoms with Crippen molar-refractivity contribution in [3.8, 4) is 0 Å². The average Bonchev–Trinajstić information content (AvgIpc) is 3.08. The first kappa shape index (κ1) is 13.7. The van der Waals surface area contributed by atoms with Crippen molar-refractivity contribution in [1.82, 2.24) is 18.9 Å². The summed E-state index contributed by atoms with van der Waals surface area (Å²) in [5.41, 5.74) is 3.30. The Morgan fingerprint density at radius 1 is 1.32 bits per heavy atom. The van der Waals surface area contributed by atoms with Crippen molar-refractivity contribution in [1.29, 1.82) is 0 Å². The number of thiazole rings is 1. The Bertz CT molecular complexity index is 891. The molecule has 0 fully saturated rings. The highest BCUT2D eigenvalue weighted by Crippen LogP contribution is 2.29. The highest BCUT2D eigenvalue weighted by Gasteiger charge is 2.25. The van der Waals surface area contributed by atoms with Crippen molar-refractivity contribution < 1.29 is 0 Å². The molecular formula is C16H18N4OS. The fourth-order valence-electron chi connectivity index (χ4n) is 3.15. The van der Waals surface area contributed by atoms with E-state index in [4.69, 9.17) is 0 Å². The minimum absolute atomic E-state index is 0.0165. The van der Waals surface area contributed by atoms with E-state index in [1.165, 1.54) is 22.7 Å². The number of rotatable bonds is 2. The molecule has 4 rings (SSSR count). The van der Waals surface area contributed by atoms with E-state index in [2.05, 4.69) is 28.4 Å². The van der Waals surface area contributed by atoms with E-state index in [0.29, 0.717) is 18.4 Å². The molecule has 0 saturated heterocycles. The van der Waals surface area contributed by atoms with E-state index in [0.717, 1.165) is 23.5 Å². The Kier molecular flexibility index (Phi) is 3.14. The van der Waals surface area contributed by atoms with Gasteiger partial charge in [0.1, 0.15) is 0 Å². The predicted molar refractivity (Wildman–Crippen MR) is 86.4 cm³/mol. The molecule has 0 bridgehead atoms.